The summed E-state index contributed by atoms with van der Waals surface area (Å²) in [6.45, 7) is 10.4. The Hall–Kier alpha value is -2.04. The second-order valence-electron chi connectivity index (χ2n) is 10.2. The second-order valence-corrected chi connectivity index (χ2v) is 10.2. The van der Waals surface area contributed by atoms with Crippen molar-refractivity contribution in [3.63, 3.8) is 0 Å². The average molecular weight is 605 g/mol. The first-order chi connectivity index (χ1) is 21.4. The molecule has 43 heavy (non-hydrogen) atoms. The van der Waals surface area contributed by atoms with Crippen molar-refractivity contribution in [1.82, 2.24) is 0 Å². The van der Waals surface area contributed by atoms with Gasteiger partial charge in [-0.25, -0.2) is 0 Å². The van der Waals surface area contributed by atoms with Gasteiger partial charge in [-0.1, -0.05) is 81.5 Å². The smallest absolute Gasteiger partial charge is 0.119 e. The van der Waals surface area contributed by atoms with Gasteiger partial charge in [0.05, 0.1) is 92.5 Å². The normalized spacial score (nSPS) is 11.3. The molecule has 0 unspecified atom stereocenters. The van der Waals surface area contributed by atoms with Gasteiger partial charge >= 0.3 is 0 Å². The molecule has 2 aromatic carbocycles. The van der Waals surface area contributed by atoms with Crippen LogP contribution in [0.25, 0.3) is 0 Å². The summed E-state index contributed by atoms with van der Waals surface area (Å²) < 4.78 is 44.5. The van der Waals surface area contributed by atoms with Crippen molar-refractivity contribution in [1.29, 1.82) is 0 Å². The maximum absolute atomic E-state index is 5.77. The standard InChI is InChI=1S/C35H56O8/c1-2-3-4-5-6-8-11-33-14-16-35(17-15-33)43-31-30-41-27-26-39-23-22-37-19-18-36-20-21-38-24-25-40-28-29-42-32-34-12-9-7-10-13-34/h7,9-10,12-17H,2-6,8,11,18-32H2,1H3. The molecule has 0 amide bonds. The zero-order valence-electron chi connectivity index (χ0n) is 26.5. The lowest BCUT2D eigenvalue weighted by atomic mass is 10.0. The molecule has 0 saturated heterocycles. The van der Waals surface area contributed by atoms with Crippen LogP contribution in [-0.4, -0.2) is 92.5 Å². The largest absolute Gasteiger partial charge is 0.491 e. The number of ether oxygens (including phenoxy) is 8. The Morgan fingerprint density at radius 1 is 0.395 bits per heavy atom. The Balaban J connectivity index is 1.22. The molecular formula is C35H56O8. The molecule has 0 fully saturated rings. The summed E-state index contributed by atoms with van der Waals surface area (Å²) >= 11 is 0. The van der Waals surface area contributed by atoms with Gasteiger partial charge in [-0.05, 0) is 36.1 Å². The predicted octanol–water partition coefficient (Wildman–Crippen LogP) is 6.28. The Bertz CT molecular complexity index is 833. The van der Waals surface area contributed by atoms with Crippen LogP contribution < -0.4 is 4.74 Å². The van der Waals surface area contributed by atoms with Crippen molar-refractivity contribution in [2.24, 2.45) is 0 Å². The van der Waals surface area contributed by atoms with E-state index in [1.807, 2.05) is 30.3 Å². The van der Waals surface area contributed by atoms with Crippen LogP contribution in [0, 0.1) is 0 Å². The van der Waals surface area contributed by atoms with E-state index in [9.17, 15) is 0 Å². The van der Waals surface area contributed by atoms with E-state index in [1.165, 1.54) is 49.7 Å². The van der Waals surface area contributed by atoms with Gasteiger partial charge in [-0.3, -0.25) is 0 Å². The molecule has 0 saturated carbocycles. The zero-order chi connectivity index (χ0) is 30.3. The van der Waals surface area contributed by atoms with Crippen molar-refractivity contribution in [2.45, 2.75) is 58.5 Å². The molecule has 0 aromatic heterocycles. The van der Waals surface area contributed by atoms with Gasteiger partial charge < -0.3 is 37.9 Å². The number of hydrogen-bond donors (Lipinski definition) is 0. The molecule has 8 nitrogen and oxygen atoms in total. The van der Waals surface area contributed by atoms with Gasteiger partial charge in [-0.15, -0.1) is 0 Å². The molecule has 0 atom stereocenters. The summed E-state index contributed by atoms with van der Waals surface area (Å²) in [6, 6.07) is 18.6. The van der Waals surface area contributed by atoms with Crippen molar-refractivity contribution in [3.8, 4) is 5.75 Å². The first-order valence-corrected chi connectivity index (χ1v) is 16.2. The topological polar surface area (TPSA) is 73.8 Å². The average Bonchev–Trinajstić information content (AvgIpc) is 3.04. The van der Waals surface area contributed by atoms with E-state index in [1.54, 1.807) is 0 Å². The lowest BCUT2D eigenvalue weighted by Crippen LogP contribution is -2.15. The predicted molar refractivity (Wildman–Crippen MR) is 170 cm³/mol. The van der Waals surface area contributed by atoms with Crippen LogP contribution in [0.4, 0.5) is 0 Å². The molecule has 0 N–H and O–H groups in total. The van der Waals surface area contributed by atoms with Gasteiger partial charge in [0.15, 0.2) is 0 Å². The van der Waals surface area contributed by atoms with Crippen molar-refractivity contribution in [2.75, 3.05) is 92.5 Å². The Kier molecular flexibility index (Phi) is 24.8. The lowest BCUT2D eigenvalue weighted by molar-refractivity contribution is -0.0218. The van der Waals surface area contributed by atoms with Crippen molar-refractivity contribution in [3.05, 3.63) is 65.7 Å². The Morgan fingerprint density at radius 2 is 0.837 bits per heavy atom. The van der Waals surface area contributed by atoms with E-state index in [4.69, 9.17) is 37.9 Å². The van der Waals surface area contributed by atoms with Gasteiger partial charge in [0.25, 0.3) is 0 Å². The minimum atomic E-state index is 0.531. The third-order valence-corrected chi connectivity index (χ3v) is 6.58. The van der Waals surface area contributed by atoms with Crippen LogP contribution in [0.2, 0.25) is 0 Å². The highest BCUT2D eigenvalue weighted by Crippen LogP contribution is 2.15. The highest BCUT2D eigenvalue weighted by atomic mass is 16.6. The number of rotatable bonds is 31. The Labute approximate surface area is 260 Å². The lowest BCUT2D eigenvalue weighted by Gasteiger charge is -2.09. The number of unbranched alkanes of at least 4 members (excludes halogenated alkanes) is 5. The SMILES string of the molecule is CCCCCCCCc1ccc(OCCOCCOCCOCCOCCOCCOCCOCc2ccccc2)cc1. The summed E-state index contributed by atoms with van der Waals surface area (Å²) in [6.07, 6.45) is 9.12. The van der Waals surface area contributed by atoms with Crippen molar-refractivity contribution >= 4 is 0 Å². The molecule has 0 aliphatic heterocycles. The third kappa shape index (κ3) is 23.1. The number of benzene rings is 2. The fraction of sp³-hybridized carbons (Fsp3) is 0.657. The van der Waals surface area contributed by atoms with Crippen LogP contribution >= 0.6 is 0 Å². The van der Waals surface area contributed by atoms with Gasteiger partial charge in [0.1, 0.15) is 12.4 Å². The maximum atomic E-state index is 5.77. The molecule has 0 bridgehead atoms. The number of hydrogen-bond acceptors (Lipinski definition) is 8. The molecule has 2 aromatic rings. The Morgan fingerprint density at radius 3 is 1.35 bits per heavy atom. The van der Waals surface area contributed by atoms with Gasteiger partial charge in [-0.2, -0.15) is 0 Å². The summed E-state index contributed by atoms with van der Waals surface area (Å²) in [4.78, 5) is 0. The third-order valence-electron chi connectivity index (χ3n) is 6.58. The molecular weight excluding hydrogens is 548 g/mol. The molecule has 2 rings (SSSR count). The molecule has 0 radical (unpaired) electrons. The highest BCUT2D eigenvalue weighted by Gasteiger charge is 1.99. The zero-order valence-corrected chi connectivity index (χ0v) is 26.5. The van der Waals surface area contributed by atoms with Crippen LogP contribution in [0.1, 0.15) is 56.6 Å². The summed E-state index contributed by atoms with van der Waals surface area (Å²) in [5, 5.41) is 0. The second kappa shape index (κ2) is 28.7. The molecule has 8 heteroatoms. The highest BCUT2D eigenvalue weighted by molar-refractivity contribution is 5.27. The fourth-order valence-electron chi connectivity index (χ4n) is 4.16. The van der Waals surface area contributed by atoms with Gasteiger partial charge in [0, 0.05) is 0 Å². The van der Waals surface area contributed by atoms with E-state index < -0.39 is 0 Å². The number of aryl methyl sites for hydroxylation is 1. The maximum Gasteiger partial charge on any atom is 0.119 e. The summed E-state index contributed by atoms with van der Waals surface area (Å²) in [7, 11) is 0. The monoisotopic (exact) mass is 604 g/mol. The van der Waals surface area contributed by atoms with Crippen LogP contribution in [0.5, 0.6) is 5.75 Å². The van der Waals surface area contributed by atoms with E-state index >= 15 is 0 Å². The first kappa shape index (κ1) is 37.1. The van der Waals surface area contributed by atoms with E-state index in [0.29, 0.717) is 99.1 Å². The van der Waals surface area contributed by atoms with E-state index in [-0.39, 0.29) is 0 Å². The minimum Gasteiger partial charge on any atom is -0.491 e. The first-order valence-electron chi connectivity index (χ1n) is 16.2. The van der Waals surface area contributed by atoms with Crippen LogP contribution in [-0.2, 0) is 46.2 Å². The molecule has 0 spiro atoms. The van der Waals surface area contributed by atoms with E-state index in [0.717, 1.165) is 12.2 Å². The minimum absolute atomic E-state index is 0.531. The molecule has 0 aliphatic rings. The van der Waals surface area contributed by atoms with Crippen LogP contribution in [0.15, 0.2) is 54.6 Å². The van der Waals surface area contributed by atoms with Gasteiger partial charge in [0.2, 0.25) is 0 Å². The molecule has 0 aliphatic carbocycles. The van der Waals surface area contributed by atoms with Crippen molar-refractivity contribution < 1.29 is 37.9 Å². The molecule has 0 heterocycles. The molecule has 244 valence electrons. The fourth-order valence-corrected chi connectivity index (χ4v) is 4.16. The van der Waals surface area contributed by atoms with Crippen LogP contribution in [0.3, 0.4) is 0 Å². The summed E-state index contributed by atoms with van der Waals surface area (Å²) in [5.41, 5.74) is 2.55. The van der Waals surface area contributed by atoms with E-state index in [2.05, 4.69) is 31.2 Å². The summed E-state index contributed by atoms with van der Waals surface area (Å²) in [5.74, 6) is 0.891. The quantitative estimate of drug-likeness (QED) is 0.0931.